The monoisotopic (exact) mass is 294 g/mol. The van der Waals surface area contributed by atoms with Crippen molar-refractivity contribution in [2.45, 2.75) is 18.3 Å². The van der Waals surface area contributed by atoms with Crippen LogP contribution in [0.4, 0.5) is 0 Å². The predicted molar refractivity (Wildman–Crippen MR) is 96.5 cm³/mol. The summed E-state index contributed by atoms with van der Waals surface area (Å²) in [7, 11) is 0. The van der Waals surface area contributed by atoms with Crippen LogP contribution in [-0.4, -0.2) is 0 Å². The van der Waals surface area contributed by atoms with Gasteiger partial charge in [-0.15, -0.1) is 0 Å². The predicted octanol–water partition coefficient (Wildman–Crippen LogP) is 5.78. The molecule has 0 spiro atoms. The van der Waals surface area contributed by atoms with E-state index in [1.165, 1.54) is 33.4 Å². The molecule has 0 radical (unpaired) electrons. The number of benzene rings is 3. The summed E-state index contributed by atoms with van der Waals surface area (Å²) in [5, 5.41) is 0. The van der Waals surface area contributed by atoms with Crippen molar-refractivity contribution in [2.24, 2.45) is 0 Å². The molecule has 3 aromatic rings. The second-order valence-electron chi connectivity index (χ2n) is 6.76. The fourth-order valence-electron chi connectivity index (χ4n) is 4.57. The van der Waals surface area contributed by atoms with Crippen LogP contribution in [0.5, 0.6) is 0 Å². The van der Waals surface area contributed by atoms with E-state index in [9.17, 15) is 0 Å². The molecule has 0 amide bonds. The highest BCUT2D eigenvalue weighted by Crippen LogP contribution is 2.57. The van der Waals surface area contributed by atoms with Gasteiger partial charge >= 0.3 is 0 Å². The second-order valence-corrected chi connectivity index (χ2v) is 6.76. The normalized spacial score (nSPS) is 19.3. The molecule has 0 bridgehead atoms. The van der Waals surface area contributed by atoms with Crippen molar-refractivity contribution in [3.63, 3.8) is 0 Å². The number of hydrogen-bond donors (Lipinski definition) is 0. The lowest BCUT2D eigenvalue weighted by molar-refractivity contribution is 0.528. The highest BCUT2D eigenvalue weighted by Gasteiger charge is 2.45. The van der Waals surface area contributed by atoms with E-state index in [-0.39, 0.29) is 5.41 Å². The Morgan fingerprint density at radius 2 is 1.26 bits per heavy atom. The number of allylic oxidation sites excluding steroid dienone is 1. The third-order valence-corrected chi connectivity index (χ3v) is 5.68. The fourth-order valence-corrected chi connectivity index (χ4v) is 4.57. The lowest BCUT2D eigenvalue weighted by atomic mass is 9.68. The summed E-state index contributed by atoms with van der Waals surface area (Å²) in [5.41, 5.74) is 8.49. The molecule has 1 atom stereocenters. The molecular weight excluding hydrogens is 276 g/mol. The first kappa shape index (κ1) is 12.9. The van der Waals surface area contributed by atoms with Gasteiger partial charge in [-0.3, -0.25) is 0 Å². The topological polar surface area (TPSA) is 0 Å². The van der Waals surface area contributed by atoms with Crippen molar-refractivity contribution in [1.29, 1.82) is 0 Å². The largest absolute Gasteiger partial charge is 0.0752 e. The van der Waals surface area contributed by atoms with Gasteiger partial charge in [0, 0.05) is 11.3 Å². The van der Waals surface area contributed by atoms with Crippen molar-refractivity contribution in [1.82, 2.24) is 0 Å². The van der Waals surface area contributed by atoms with Crippen LogP contribution in [0.3, 0.4) is 0 Å². The Hall–Kier alpha value is -2.60. The second kappa shape index (κ2) is 4.45. The number of hydrogen-bond acceptors (Lipinski definition) is 0. The Balaban J connectivity index is 1.82. The quantitative estimate of drug-likeness (QED) is 0.533. The van der Waals surface area contributed by atoms with E-state index in [0.29, 0.717) is 5.92 Å². The Morgan fingerprint density at radius 1 is 0.696 bits per heavy atom. The smallest absolute Gasteiger partial charge is 0.0290 e. The first-order chi connectivity index (χ1) is 11.3. The molecule has 0 N–H and O–H groups in total. The lowest BCUT2D eigenvalue weighted by Gasteiger charge is -2.34. The number of fused-ring (bicyclic) bond motifs is 4. The summed E-state index contributed by atoms with van der Waals surface area (Å²) in [5.74, 6) is 0.392. The molecule has 0 heteroatoms. The van der Waals surface area contributed by atoms with E-state index < -0.39 is 0 Å². The van der Waals surface area contributed by atoms with Crippen LogP contribution in [0.25, 0.3) is 17.2 Å². The maximum atomic E-state index is 2.41. The van der Waals surface area contributed by atoms with Crippen LogP contribution in [0.2, 0.25) is 0 Å². The molecule has 2 aliphatic carbocycles. The van der Waals surface area contributed by atoms with Gasteiger partial charge in [0.2, 0.25) is 0 Å². The van der Waals surface area contributed by atoms with Crippen LogP contribution in [-0.2, 0) is 5.41 Å². The van der Waals surface area contributed by atoms with Gasteiger partial charge in [-0.25, -0.2) is 0 Å². The zero-order valence-corrected chi connectivity index (χ0v) is 13.2. The van der Waals surface area contributed by atoms with E-state index >= 15 is 0 Å². The molecule has 0 fully saturated rings. The van der Waals surface area contributed by atoms with Gasteiger partial charge in [-0.05, 0) is 33.4 Å². The summed E-state index contributed by atoms with van der Waals surface area (Å²) in [6, 6.07) is 26.6. The van der Waals surface area contributed by atoms with Gasteiger partial charge in [0.1, 0.15) is 0 Å². The first-order valence-electron chi connectivity index (χ1n) is 8.26. The number of rotatable bonds is 1. The van der Waals surface area contributed by atoms with Crippen molar-refractivity contribution < 1.29 is 0 Å². The molecule has 0 aromatic heterocycles. The summed E-state index contributed by atoms with van der Waals surface area (Å²) >= 11 is 0. The summed E-state index contributed by atoms with van der Waals surface area (Å²) in [4.78, 5) is 0. The molecular formula is C23H18. The van der Waals surface area contributed by atoms with Crippen molar-refractivity contribution >= 4 is 6.08 Å². The van der Waals surface area contributed by atoms with Crippen molar-refractivity contribution in [2.75, 3.05) is 0 Å². The van der Waals surface area contributed by atoms with Crippen LogP contribution < -0.4 is 0 Å². The average molecular weight is 294 g/mol. The molecule has 5 rings (SSSR count). The minimum Gasteiger partial charge on any atom is -0.0752 e. The molecule has 0 aliphatic heterocycles. The molecule has 0 heterocycles. The first-order valence-corrected chi connectivity index (χ1v) is 8.26. The van der Waals surface area contributed by atoms with Gasteiger partial charge in [0.15, 0.2) is 0 Å². The van der Waals surface area contributed by atoms with Gasteiger partial charge in [0.05, 0.1) is 0 Å². The average Bonchev–Trinajstić information content (AvgIpc) is 3.15. The van der Waals surface area contributed by atoms with Gasteiger partial charge < -0.3 is 0 Å². The molecule has 0 saturated heterocycles. The van der Waals surface area contributed by atoms with Gasteiger partial charge in [-0.1, -0.05) is 91.9 Å². The van der Waals surface area contributed by atoms with Gasteiger partial charge in [0.25, 0.3) is 0 Å². The highest BCUT2D eigenvalue weighted by molar-refractivity contribution is 5.83. The summed E-state index contributed by atoms with van der Waals surface area (Å²) < 4.78 is 0. The highest BCUT2D eigenvalue weighted by atomic mass is 14.5. The molecule has 1 unspecified atom stereocenters. The molecule has 0 nitrogen and oxygen atoms in total. The van der Waals surface area contributed by atoms with Crippen LogP contribution >= 0.6 is 0 Å². The Morgan fingerprint density at radius 3 is 1.96 bits per heavy atom. The van der Waals surface area contributed by atoms with Crippen LogP contribution in [0.1, 0.15) is 35.1 Å². The minimum atomic E-state index is -0.00368. The maximum absolute atomic E-state index is 2.41. The van der Waals surface area contributed by atoms with E-state index in [4.69, 9.17) is 0 Å². The SMILES string of the molecule is CC1(C2C=Cc3ccccc32)c2ccccc2-c2ccccc21. The van der Waals surface area contributed by atoms with Crippen LogP contribution in [0.15, 0.2) is 78.9 Å². The Bertz CT molecular complexity index is 900. The van der Waals surface area contributed by atoms with Crippen molar-refractivity contribution in [3.8, 4) is 11.1 Å². The lowest BCUT2D eigenvalue weighted by Crippen LogP contribution is -2.28. The molecule has 110 valence electrons. The minimum absolute atomic E-state index is 0.00368. The molecule has 0 saturated carbocycles. The van der Waals surface area contributed by atoms with Gasteiger partial charge in [-0.2, -0.15) is 0 Å². The summed E-state index contributed by atoms with van der Waals surface area (Å²) in [6.07, 6.45) is 4.68. The van der Waals surface area contributed by atoms with E-state index in [0.717, 1.165) is 0 Å². The van der Waals surface area contributed by atoms with E-state index in [2.05, 4.69) is 91.9 Å². The molecule has 23 heavy (non-hydrogen) atoms. The standard InChI is InChI=1S/C23H18/c1-23(22-15-14-16-8-2-3-9-17(16)22)20-12-6-4-10-18(20)19-11-5-7-13-21(19)23/h2-15,22H,1H3. The third kappa shape index (κ3) is 1.56. The van der Waals surface area contributed by atoms with Crippen LogP contribution in [0, 0.1) is 0 Å². The maximum Gasteiger partial charge on any atom is 0.0290 e. The zero-order chi connectivity index (χ0) is 15.4. The van der Waals surface area contributed by atoms with E-state index in [1.807, 2.05) is 0 Å². The molecule has 3 aromatic carbocycles. The van der Waals surface area contributed by atoms with E-state index in [1.54, 1.807) is 0 Å². The fraction of sp³-hybridized carbons (Fsp3) is 0.130. The molecule has 2 aliphatic rings. The third-order valence-electron chi connectivity index (χ3n) is 5.68. The summed E-state index contributed by atoms with van der Waals surface area (Å²) in [6.45, 7) is 2.41. The Labute approximate surface area is 137 Å². The zero-order valence-electron chi connectivity index (χ0n) is 13.2. The van der Waals surface area contributed by atoms with Crippen molar-refractivity contribution in [3.05, 3.63) is 101 Å². The Kier molecular flexibility index (Phi) is 2.50.